The normalized spacial score (nSPS) is 25.2. The first kappa shape index (κ1) is 18.5. The van der Waals surface area contributed by atoms with E-state index in [1.807, 2.05) is 30.3 Å². The van der Waals surface area contributed by atoms with E-state index in [2.05, 4.69) is 0 Å². The van der Waals surface area contributed by atoms with E-state index in [1.165, 1.54) is 9.80 Å². The molecule has 0 spiro atoms. The van der Waals surface area contributed by atoms with Gasteiger partial charge >= 0.3 is 12.2 Å². The average Bonchev–Trinajstić information content (AvgIpc) is 3.14. The van der Waals surface area contributed by atoms with E-state index in [9.17, 15) is 14.7 Å². The largest absolute Gasteiger partial charge is 0.445 e. The lowest BCUT2D eigenvalue weighted by molar-refractivity contribution is 0.0209. The van der Waals surface area contributed by atoms with Crippen LogP contribution in [0.2, 0.25) is 0 Å². The van der Waals surface area contributed by atoms with Crippen LogP contribution in [0, 0.1) is 0 Å². The van der Waals surface area contributed by atoms with Gasteiger partial charge in [0.15, 0.2) is 0 Å². The molecule has 7 nitrogen and oxygen atoms in total. The first-order valence-electron chi connectivity index (χ1n) is 8.91. The van der Waals surface area contributed by atoms with Gasteiger partial charge < -0.3 is 24.4 Å². The van der Waals surface area contributed by atoms with Gasteiger partial charge in [-0.3, -0.25) is 0 Å². The van der Waals surface area contributed by atoms with Gasteiger partial charge in [-0.25, -0.2) is 9.59 Å². The van der Waals surface area contributed by atoms with Gasteiger partial charge in [-0.1, -0.05) is 30.3 Å². The maximum Gasteiger partial charge on any atom is 0.410 e. The number of rotatable bonds is 2. The third-order valence-corrected chi connectivity index (χ3v) is 4.67. The zero-order valence-electron chi connectivity index (χ0n) is 15.4. The van der Waals surface area contributed by atoms with Gasteiger partial charge in [0, 0.05) is 6.54 Å². The molecule has 1 N–H and O–H groups in total. The van der Waals surface area contributed by atoms with Crippen LogP contribution in [0.3, 0.4) is 0 Å². The van der Waals surface area contributed by atoms with Crippen molar-refractivity contribution in [1.29, 1.82) is 0 Å². The van der Waals surface area contributed by atoms with E-state index in [0.717, 1.165) is 5.56 Å². The molecule has 0 aromatic heterocycles. The molecule has 0 radical (unpaired) electrons. The predicted molar refractivity (Wildman–Crippen MR) is 94.5 cm³/mol. The molecule has 0 unspecified atom stereocenters. The molecule has 3 atom stereocenters. The molecular formula is C19H26N2O5. The summed E-state index contributed by atoms with van der Waals surface area (Å²) in [5.41, 5.74) is 0.298. The summed E-state index contributed by atoms with van der Waals surface area (Å²) in [6, 6.07) is 8.73. The lowest BCUT2D eigenvalue weighted by Crippen LogP contribution is -2.45. The quantitative estimate of drug-likeness (QED) is 0.874. The Labute approximate surface area is 153 Å². The fourth-order valence-corrected chi connectivity index (χ4v) is 3.59. The van der Waals surface area contributed by atoms with E-state index in [1.54, 1.807) is 20.8 Å². The van der Waals surface area contributed by atoms with E-state index in [0.29, 0.717) is 13.0 Å². The molecule has 1 aromatic rings. The number of benzene rings is 1. The maximum atomic E-state index is 12.5. The van der Waals surface area contributed by atoms with Crippen LogP contribution in [0.1, 0.15) is 32.8 Å². The Bertz CT molecular complexity index is 658. The second kappa shape index (κ2) is 7.15. The van der Waals surface area contributed by atoms with Crippen molar-refractivity contribution >= 4 is 12.2 Å². The highest BCUT2D eigenvalue weighted by atomic mass is 16.6. The number of fused-ring (bicyclic) bond motifs is 1. The minimum Gasteiger partial charge on any atom is -0.445 e. The van der Waals surface area contributed by atoms with Crippen molar-refractivity contribution in [2.45, 2.75) is 57.6 Å². The molecule has 0 saturated carbocycles. The van der Waals surface area contributed by atoms with Crippen LogP contribution in [0.4, 0.5) is 9.59 Å². The number of β-amino-alcohol motifs (C(OH)–C–C–N with tert-alkyl or cyclic N) is 1. The molecule has 7 heteroatoms. The summed E-state index contributed by atoms with van der Waals surface area (Å²) in [6.45, 7) is 6.19. The molecule has 2 aliphatic rings. The number of carbonyl (C=O) groups is 2. The van der Waals surface area contributed by atoms with Gasteiger partial charge in [-0.15, -0.1) is 0 Å². The molecule has 2 heterocycles. The molecular weight excluding hydrogens is 336 g/mol. The van der Waals surface area contributed by atoms with Crippen LogP contribution < -0.4 is 0 Å². The van der Waals surface area contributed by atoms with Crippen LogP contribution in [-0.4, -0.2) is 64.0 Å². The predicted octanol–water partition coefficient (Wildman–Crippen LogP) is 2.38. The number of hydrogen-bond donors (Lipinski definition) is 1. The highest BCUT2D eigenvalue weighted by molar-refractivity contribution is 5.72. The number of amides is 2. The Morgan fingerprint density at radius 2 is 1.85 bits per heavy atom. The Hall–Kier alpha value is -2.28. The third kappa shape index (κ3) is 3.93. The van der Waals surface area contributed by atoms with E-state index < -0.39 is 29.9 Å². The minimum atomic E-state index is -0.806. The number of ether oxygens (including phenoxy) is 2. The summed E-state index contributed by atoms with van der Waals surface area (Å²) < 4.78 is 10.8. The molecule has 0 aliphatic carbocycles. The number of nitrogens with zero attached hydrogens (tertiary/aromatic N) is 2. The monoisotopic (exact) mass is 362 g/mol. The van der Waals surface area contributed by atoms with Gasteiger partial charge in [0.1, 0.15) is 12.2 Å². The lowest BCUT2D eigenvalue weighted by atomic mass is 10.1. The second-order valence-corrected chi connectivity index (χ2v) is 7.78. The molecule has 3 rings (SSSR count). The summed E-state index contributed by atoms with van der Waals surface area (Å²) in [5, 5.41) is 10.4. The number of likely N-dealkylation sites (tertiary alicyclic amines) is 2. The number of aliphatic hydroxyl groups is 1. The summed E-state index contributed by atoms with van der Waals surface area (Å²) in [7, 11) is 0. The zero-order valence-corrected chi connectivity index (χ0v) is 15.4. The fraction of sp³-hybridized carbons (Fsp3) is 0.579. The van der Waals surface area contributed by atoms with Gasteiger partial charge in [0.25, 0.3) is 0 Å². The third-order valence-electron chi connectivity index (χ3n) is 4.67. The van der Waals surface area contributed by atoms with Gasteiger partial charge in [-0.05, 0) is 32.8 Å². The van der Waals surface area contributed by atoms with Crippen molar-refractivity contribution in [1.82, 2.24) is 9.80 Å². The zero-order chi connectivity index (χ0) is 18.9. The molecule has 1 aromatic carbocycles. The van der Waals surface area contributed by atoms with Crippen LogP contribution >= 0.6 is 0 Å². The van der Waals surface area contributed by atoms with Crippen molar-refractivity contribution in [3.8, 4) is 0 Å². The lowest BCUT2D eigenvalue weighted by Gasteiger charge is -2.28. The van der Waals surface area contributed by atoms with E-state index in [-0.39, 0.29) is 19.2 Å². The summed E-state index contributed by atoms with van der Waals surface area (Å²) in [4.78, 5) is 27.9. The minimum absolute atomic E-state index is 0.159. The average molecular weight is 362 g/mol. The van der Waals surface area contributed by atoms with Crippen molar-refractivity contribution in [3.05, 3.63) is 35.9 Å². The summed E-state index contributed by atoms with van der Waals surface area (Å²) >= 11 is 0. The van der Waals surface area contributed by atoms with Crippen molar-refractivity contribution in [2.24, 2.45) is 0 Å². The van der Waals surface area contributed by atoms with Crippen LogP contribution in [0.15, 0.2) is 30.3 Å². The van der Waals surface area contributed by atoms with Gasteiger partial charge in [0.2, 0.25) is 0 Å². The Balaban J connectivity index is 1.62. The first-order chi connectivity index (χ1) is 12.3. The van der Waals surface area contributed by atoms with Crippen LogP contribution in [-0.2, 0) is 16.1 Å². The fourth-order valence-electron chi connectivity index (χ4n) is 3.59. The Morgan fingerprint density at radius 1 is 1.15 bits per heavy atom. The molecule has 2 aliphatic heterocycles. The van der Waals surface area contributed by atoms with Crippen LogP contribution in [0.25, 0.3) is 0 Å². The highest BCUT2D eigenvalue weighted by Crippen LogP contribution is 2.33. The summed E-state index contributed by atoms with van der Waals surface area (Å²) in [5.74, 6) is 0. The molecule has 2 fully saturated rings. The molecule has 2 saturated heterocycles. The molecule has 142 valence electrons. The molecule has 0 bridgehead atoms. The van der Waals surface area contributed by atoms with Crippen molar-refractivity contribution in [2.75, 3.05) is 13.1 Å². The molecule has 26 heavy (non-hydrogen) atoms. The first-order valence-corrected chi connectivity index (χ1v) is 8.91. The number of hydrogen-bond acceptors (Lipinski definition) is 5. The van der Waals surface area contributed by atoms with Gasteiger partial charge in [-0.2, -0.15) is 0 Å². The number of aliphatic hydroxyl groups excluding tert-OH is 1. The van der Waals surface area contributed by atoms with Crippen LogP contribution in [0.5, 0.6) is 0 Å². The van der Waals surface area contributed by atoms with Gasteiger partial charge in [0.05, 0.1) is 24.7 Å². The van der Waals surface area contributed by atoms with Crippen molar-refractivity contribution in [3.63, 3.8) is 0 Å². The summed E-state index contributed by atoms with van der Waals surface area (Å²) in [6.07, 6.45) is -1.13. The van der Waals surface area contributed by atoms with E-state index in [4.69, 9.17) is 9.47 Å². The highest BCUT2D eigenvalue weighted by Gasteiger charge is 2.52. The van der Waals surface area contributed by atoms with E-state index >= 15 is 0 Å². The van der Waals surface area contributed by atoms with Crippen molar-refractivity contribution < 1.29 is 24.2 Å². The number of carbonyl (C=O) groups excluding carboxylic acids is 2. The Kier molecular flexibility index (Phi) is 5.09. The topological polar surface area (TPSA) is 79.3 Å². The standard InChI is InChI=1S/C19H26N2O5/c1-19(2,3)26-18(24)21-11-15(22)16-14(21)9-10-20(16)17(23)25-12-13-7-5-4-6-8-13/h4-8,14-16,22H,9-12H2,1-3H3/t14-,15-,16+/m1/s1. The molecule has 2 amide bonds. The maximum absolute atomic E-state index is 12.5. The smallest absolute Gasteiger partial charge is 0.410 e. The SMILES string of the molecule is CC(C)(C)OC(=O)N1C[C@@H](O)[C@@H]2[C@H]1CCN2C(=O)OCc1ccccc1. The second-order valence-electron chi connectivity index (χ2n) is 7.78. The Morgan fingerprint density at radius 3 is 2.50 bits per heavy atom.